The minimum absolute atomic E-state index is 0.682. The molecule has 0 bridgehead atoms. The Hall–Kier alpha value is -0.150. The van der Waals surface area contributed by atoms with E-state index in [4.69, 9.17) is 0 Å². The molecule has 0 aliphatic heterocycles. The molecule has 1 aliphatic carbocycles. The number of halogens is 1. The van der Waals surface area contributed by atoms with Crippen molar-refractivity contribution in [1.29, 1.82) is 0 Å². The van der Waals surface area contributed by atoms with Crippen molar-refractivity contribution in [3.8, 4) is 0 Å². The lowest BCUT2D eigenvalue weighted by Gasteiger charge is -2.22. The Balaban J connectivity index is 2.07. The second-order valence-corrected chi connectivity index (χ2v) is 6.24. The largest absolute Gasteiger partial charge is 0.244 e. The Labute approximate surface area is 97.4 Å². The van der Waals surface area contributed by atoms with E-state index in [1.54, 1.807) is 11.3 Å². The van der Waals surface area contributed by atoms with Gasteiger partial charge in [0.25, 0.3) is 0 Å². The Morgan fingerprint density at radius 2 is 2.14 bits per heavy atom. The third kappa shape index (κ3) is 2.26. The first-order valence-corrected chi connectivity index (χ1v) is 6.69. The maximum Gasteiger partial charge on any atom is 0.120 e. The van der Waals surface area contributed by atoms with Crippen LogP contribution >= 0.6 is 27.3 Å². The molecule has 1 nitrogen and oxygen atoms in total. The van der Waals surface area contributed by atoms with Crippen LogP contribution in [0.1, 0.15) is 37.1 Å². The zero-order chi connectivity index (χ0) is 9.97. The van der Waals surface area contributed by atoms with E-state index < -0.39 is 0 Å². The van der Waals surface area contributed by atoms with Gasteiger partial charge >= 0.3 is 0 Å². The smallest absolute Gasteiger partial charge is 0.120 e. The van der Waals surface area contributed by atoms with Crippen molar-refractivity contribution >= 4 is 32.8 Å². The Morgan fingerprint density at radius 1 is 1.43 bits per heavy atom. The van der Waals surface area contributed by atoms with Crippen molar-refractivity contribution in [1.82, 2.24) is 4.98 Å². The van der Waals surface area contributed by atoms with Gasteiger partial charge in [-0.1, -0.05) is 25.8 Å². The lowest BCUT2D eigenvalue weighted by Crippen LogP contribution is -2.07. The molecular formula is C11H14BrNS. The van der Waals surface area contributed by atoms with Crippen molar-refractivity contribution in [2.45, 2.75) is 32.1 Å². The molecule has 3 heteroatoms. The van der Waals surface area contributed by atoms with Gasteiger partial charge in [-0.3, -0.25) is 0 Å². The average Bonchev–Trinajstić information content (AvgIpc) is 2.65. The van der Waals surface area contributed by atoms with Crippen molar-refractivity contribution in [3.05, 3.63) is 21.6 Å². The molecule has 0 amide bonds. The molecule has 1 aromatic heterocycles. The zero-order valence-corrected chi connectivity index (χ0v) is 10.5. The van der Waals surface area contributed by atoms with Crippen LogP contribution in [-0.4, -0.2) is 4.98 Å². The lowest BCUT2D eigenvalue weighted by molar-refractivity contribution is 0.430. The summed E-state index contributed by atoms with van der Waals surface area (Å²) in [6, 6.07) is 0. The molecule has 14 heavy (non-hydrogen) atoms. The lowest BCUT2D eigenvalue weighted by atomic mass is 9.84. The fourth-order valence-corrected chi connectivity index (χ4v) is 3.28. The molecule has 0 atom stereocenters. The van der Waals surface area contributed by atoms with Crippen LogP contribution in [0.2, 0.25) is 0 Å². The van der Waals surface area contributed by atoms with Crippen LogP contribution in [0, 0.1) is 5.92 Å². The molecule has 0 aromatic carbocycles. The van der Waals surface area contributed by atoms with Gasteiger partial charge in [-0.25, -0.2) is 4.98 Å². The standard InChI is InChI=1S/C11H14BrNS/c1-8(9-5-3-2-4-6-9)11-13-7-10(12)14-11/h7,9H,1-6H2. The van der Waals surface area contributed by atoms with Gasteiger partial charge in [0.05, 0.1) is 9.98 Å². The Morgan fingerprint density at radius 3 is 2.71 bits per heavy atom. The van der Waals surface area contributed by atoms with Crippen molar-refractivity contribution < 1.29 is 0 Å². The molecule has 1 saturated carbocycles. The second kappa shape index (κ2) is 4.58. The van der Waals surface area contributed by atoms with E-state index in [-0.39, 0.29) is 0 Å². The molecule has 0 N–H and O–H groups in total. The molecule has 1 aromatic rings. The monoisotopic (exact) mass is 271 g/mol. The van der Waals surface area contributed by atoms with Gasteiger partial charge in [-0.15, -0.1) is 11.3 Å². The number of aromatic nitrogens is 1. The van der Waals surface area contributed by atoms with Crippen LogP contribution in [0.5, 0.6) is 0 Å². The summed E-state index contributed by atoms with van der Waals surface area (Å²) in [5, 5.41) is 1.11. The Bertz CT molecular complexity index is 326. The summed E-state index contributed by atoms with van der Waals surface area (Å²) in [7, 11) is 0. The molecule has 1 fully saturated rings. The molecule has 0 spiro atoms. The Kier molecular flexibility index (Phi) is 3.39. The number of hydrogen-bond acceptors (Lipinski definition) is 2. The van der Waals surface area contributed by atoms with Crippen LogP contribution in [0.4, 0.5) is 0 Å². The van der Waals surface area contributed by atoms with Crippen LogP contribution < -0.4 is 0 Å². The minimum Gasteiger partial charge on any atom is -0.244 e. The first-order valence-electron chi connectivity index (χ1n) is 5.08. The van der Waals surface area contributed by atoms with Crippen LogP contribution in [0.15, 0.2) is 16.6 Å². The van der Waals surface area contributed by atoms with Crippen LogP contribution in [0.3, 0.4) is 0 Å². The summed E-state index contributed by atoms with van der Waals surface area (Å²) in [5.41, 5.74) is 1.25. The van der Waals surface area contributed by atoms with E-state index >= 15 is 0 Å². The summed E-state index contributed by atoms with van der Waals surface area (Å²) in [6.07, 6.45) is 8.58. The van der Waals surface area contributed by atoms with E-state index in [1.807, 2.05) is 6.20 Å². The maximum atomic E-state index is 4.36. The first kappa shape index (κ1) is 10.4. The first-order chi connectivity index (χ1) is 6.77. The SMILES string of the molecule is C=C(c1ncc(Br)s1)C1CCCCC1. The summed E-state index contributed by atoms with van der Waals surface area (Å²) in [6.45, 7) is 4.19. The number of hydrogen-bond donors (Lipinski definition) is 0. The van der Waals surface area contributed by atoms with E-state index in [0.717, 1.165) is 8.79 Å². The van der Waals surface area contributed by atoms with Gasteiger partial charge in [0.15, 0.2) is 0 Å². The number of allylic oxidation sites excluding steroid dienone is 1. The van der Waals surface area contributed by atoms with Crippen molar-refractivity contribution in [3.63, 3.8) is 0 Å². The molecule has 1 heterocycles. The number of thiazole rings is 1. The zero-order valence-electron chi connectivity index (χ0n) is 8.13. The highest BCUT2D eigenvalue weighted by Gasteiger charge is 2.19. The summed E-state index contributed by atoms with van der Waals surface area (Å²) in [5.74, 6) is 0.682. The fourth-order valence-electron chi connectivity index (χ4n) is 2.03. The molecule has 0 unspecified atom stereocenters. The number of rotatable bonds is 2. The maximum absolute atomic E-state index is 4.36. The summed E-state index contributed by atoms with van der Waals surface area (Å²) in [4.78, 5) is 4.36. The number of nitrogens with zero attached hydrogens (tertiary/aromatic N) is 1. The van der Waals surface area contributed by atoms with Gasteiger partial charge in [-0.2, -0.15) is 0 Å². The normalized spacial score (nSPS) is 18.4. The molecular weight excluding hydrogens is 258 g/mol. The fraction of sp³-hybridized carbons (Fsp3) is 0.545. The van der Waals surface area contributed by atoms with E-state index in [0.29, 0.717) is 5.92 Å². The molecule has 0 saturated heterocycles. The second-order valence-electron chi connectivity index (χ2n) is 3.83. The molecule has 0 radical (unpaired) electrons. The van der Waals surface area contributed by atoms with E-state index in [9.17, 15) is 0 Å². The average molecular weight is 272 g/mol. The van der Waals surface area contributed by atoms with Crippen molar-refractivity contribution in [2.75, 3.05) is 0 Å². The quantitative estimate of drug-likeness (QED) is 0.772. The van der Waals surface area contributed by atoms with Gasteiger partial charge < -0.3 is 0 Å². The minimum atomic E-state index is 0.682. The molecule has 2 rings (SSSR count). The predicted molar refractivity (Wildman–Crippen MR) is 65.4 cm³/mol. The summed E-state index contributed by atoms with van der Waals surface area (Å²) >= 11 is 5.13. The van der Waals surface area contributed by atoms with E-state index in [2.05, 4.69) is 27.5 Å². The van der Waals surface area contributed by atoms with Gasteiger partial charge in [0.1, 0.15) is 5.01 Å². The predicted octanol–water partition coefficient (Wildman–Crippen LogP) is 4.50. The van der Waals surface area contributed by atoms with Gasteiger partial charge in [0.2, 0.25) is 0 Å². The van der Waals surface area contributed by atoms with E-state index in [1.165, 1.54) is 37.7 Å². The molecule has 76 valence electrons. The van der Waals surface area contributed by atoms with Crippen LogP contribution in [0.25, 0.3) is 5.57 Å². The summed E-state index contributed by atoms with van der Waals surface area (Å²) < 4.78 is 1.10. The third-order valence-corrected chi connectivity index (χ3v) is 4.40. The van der Waals surface area contributed by atoms with Crippen molar-refractivity contribution in [2.24, 2.45) is 5.92 Å². The topological polar surface area (TPSA) is 12.9 Å². The highest BCUT2D eigenvalue weighted by atomic mass is 79.9. The van der Waals surface area contributed by atoms with Crippen LogP contribution in [-0.2, 0) is 0 Å². The highest BCUT2D eigenvalue weighted by molar-refractivity contribution is 9.11. The van der Waals surface area contributed by atoms with Gasteiger partial charge in [-0.05, 0) is 40.3 Å². The third-order valence-electron chi connectivity index (χ3n) is 2.85. The highest BCUT2D eigenvalue weighted by Crippen LogP contribution is 2.36. The molecule has 1 aliphatic rings. The van der Waals surface area contributed by atoms with Gasteiger partial charge in [0, 0.05) is 0 Å².